The van der Waals surface area contributed by atoms with Gasteiger partial charge in [0, 0.05) is 16.8 Å². The molecule has 5 nitrogen and oxygen atoms in total. The molecule has 0 aliphatic heterocycles. The molecule has 0 fully saturated rings. The molecule has 0 bridgehead atoms. The summed E-state index contributed by atoms with van der Waals surface area (Å²) in [6, 6.07) is 17.5. The second kappa shape index (κ2) is 8.35. The molecule has 6 heteroatoms. The maximum absolute atomic E-state index is 13.3. The van der Waals surface area contributed by atoms with Crippen LogP contribution in [-0.4, -0.2) is 18.9 Å². The van der Waals surface area contributed by atoms with Gasteiger partial charge in [0.25, 0.3) is 11.8 Å². The van der Waals surface area contributed by atoms with E-state index in [0.717, 1.165) is 11.6 Å². The first-order valence-electron chi connectivity index (χ1n) is 8.60. The Morgan fingerprint density at radius 2 is 1.68 bits per heavy atom. The molecule has 3 aromatic rings. The van der Waals surface area contributed by atoms with Gasteiger partial charge in [-0.05, 0) is 55.0 Å². The molecule has 0 heterocycles. The van der Waals surface area contributed by atoms with E-state index in [2.05, 4.69) is 10.6 Å². The molecular formula is C22H19FN2O3. The zero-order valence-corrected chi connectivity index (χ0v) is 15.5. The minimum absolute atomic E-state index is 0.196. The van der Waals surface area contributed by atoms with E-state index >= 15 is 0 Å². The summed E-state index contributed by atoms with van der Waals surface area (Å²) in [5.41, 5.74) is 2.43. The Bertz CT molecular complexity index is 1030. The SMILES string of the molecule is COc1ccc(NC(=O)c2cccc(F)c2)cc1NC(=O)c1ccccc1C. The molecule has 0 atom stereocenters. The van der Waals surface area contributed by atoms with Gasteiger partial charge in [-0.1, -0.05) is 24.3 Å². The molecule has 2 N–H and O–H groups in total. The highest BCUT2D eigenvalue weighted by atomic mass is 19.1. The van der Waals surface area contributed by atoms with Crippen molar-refractivity contribution in [3.63, 3.8) is 0 Å². The van der Waals surface area contributed by atoms with Crippen LogP contribution in [0.1, 0.15) is 26.3 Å². The van der Waals surface area contributed by atoms with Crippen LogP contribution in [0.5, 0.6) is 5.75 Å². The third-order valence-electron chi connectivity index (χ3n) is 4.18. The van der Waals surface area contributed by atoms with Crippen LogP contribution in [0.2, 0.25) is 0 Å². The molecule has 0 spiro atoms. The summed E-state index contributed by atoms with van der Waals surface area (Å²) < 4.78 is 18.6. The molecule has 0 aliphatic carbocycles. The highest BCUT2D eigenvalue weighted by Crippen LogP contribution is 2.29. The van der Waals surface area contributed by atoms with E-state index in [9.17, 15) is 14.0 Å². The van der Waals surface area contributed by atoms with E-state index < -0.39 is 11.7 Å². The van der Waals surface area contributed by atoms with Gasteiger partial charge < -0.3 is 15.4 Å². The van der Waals surface area contributed by atoms with Crippen molar-refractivity contribution in [2.45, 2.75) is 6.92 Å². The summed E-state index contributed by atoms with van der Waals surface area (Å²) in [7, 11) is 1.49. The molecule has 0 radical (unpaired) electrons. The van der Waals surface area contributed by atoms with Crippen LogP contribution in [0.15, 0.2) is 66.7 Å². The first kappa shape index (κ1) is 19.1. The molecule has 0 saturated carbocycles. The quantitative estimate of drug-likeness (QED) is 0.679. The molecule has 3 aromatic carbocycles. The molecule has 142 valence electrons. The number of hydrogen-bond acceptors (Lipinski definition) is 3. The van der Waals surface area contributed by atoms with Crippen molar-refractivity contribution in [1.82, 2.24) is 0 Å². The fourth-order valence-corrected chi connectivity index (χ4v) is 2.73. The predicted octanol–water partition coefficient (Wildman–Crippen LogP) is 4.65. The van der Waals surface area contributed by atoms with Crippen LogP contribution in [0.4, 0.5) is 15.8 Å². The summed E-state index contributed by atoms with van der Waals surface area (Å²) in [5.74, 6) is -0.787. The number of aryl methyl sites for hydroxylation is 1. The number of anilines is 2. The van der Waals surface area contributed by atoms with Crippen LogP contribution >= 0.6 is 0 Å². The summed E-state index contributed by atoms with van der Waals surface area (Å²) in [6.07, 6.45) is 0. The van der Waals surface area contributed by atoms with Crippen LogP contribution in [0.25, 0.3) is 0 Å². The number of hydrogen-bond donors (Lipinski definition) is 2. The van der Waals surface area contributed by atoms with Gasteiger partial charge in [0.15, 0.2) is 0 Å². The maximum Gasteiger partial charge on any atom is 0.256 e. The normalized spacial score (nSPS) is 10.2. The lowest BCUT2D eigenvalue weighted by atomic mass is 10.1. The Hall–Kier alpha value is -3.67. The molecule has 28 heavy (non-hydrogen) atoms. The van der Waals surface area contributed by atoms with Crippen molar-refractivity contribution in [3.8, 4) is 5.75 Å². The van der Waals surface area contributed by atoms with Crippen molar-refractivity contribution < 1.29 is 18.7 Å². The van der Waals surface area contributed by atoms with Gasteiger partial charge >= 0.3 is 0 Å². The fraction of sp³-hybridized carbons (Fsp3) is 0.0909. The van der Waals surface area contributed by atoms with E-state index in [1.54, 1.807) is 30.3 Å². The van der Waals surface area contributed by atoms with Crippen LogP contribution < -0.4 is 15.4 Å². The van der Waals surface area contributed by atoms with Crippen molar-refractivity contribution in [2.75, 3.05) is 17.7 Å². The zero-order chi connectivity index (χ0) is 20.1. The van der Waals surface area contributed by atoms with E-state index in [-0.39, 0.29) is 11.5 Å². The average molecular weight is 378 g/mol. The second-order valence-corrected chi connectivity index (χ2v) is 6.15. The summed E-state index contributed by atoms with van der Waals surface area (Å²) in [6.45, 7) is 1.85. The van der Waals surface area contributed by atoms with E-state index in [4.69, 9.17) is 4.74 Å². The lowest BCUT2D eigenvalue weighted by molar-refractivity contribution is 0.101. The number of halogens is 1. The summed E-state index contributed by atoms with van der Waals surface area (Å²) in [4.78, 5) is 24.9. The highest BCUT2D eigenvalue weighted by Gasteiger charge is 2.14. The Morgan fingerprint density at radius 3 is 2.39 bits per heavy atom. The minimum atomic E-state index is -0.492. The van der Waals surface area contributed by atoms with Gasteiger partial charge in [-0.3, -0.25) is 9.59 Å². The maximum atomic E-state index is 13.3. The second-order valence-electron chi connectivity index (χ2n) is 6.15. The lowest BCUT2D eigenvalue weighted by Crippen LogP contribution is -2.15. The Labute approximate surface area is 162 Å². The Balaban J connectivity index is 1.83. The smallest absolute Gasteiger partial charge is 0.256 e. The molecule has 0 aromatic heterocycles. The monoisotopic (exact) mass is 378 g/mol. The van der Waals surface area contributed by atoms with Crippen molar-refractivity contribution >= 4 is 23.2 Å². The number of nitrogens with one attached hydrogen (secondary N) is 2. The topological polar surface area (TPSA) is 67.4 Å². The van der Waals surface area contributed by atoms with E-state index in [1.807, 2.05) is 19.1 Å². The van der Waals surface area contributed by atoms with Crippen LogP contribution in [0.3, 0.4) is 0 Å². The van der Waals surface area contributed by atoms with Gasteiger partial charge in [-0.2, -0.15) is 0 Å². The molecular weight excluding hydrogens is 359 g/mol. The number of carbonyl (C=O) groups is 2. The van der Waals surface area contributed by atoms with Gasteiger partial charge in [0.1, 0.15) is 11.6 Å². The van der Waals surface area contributed by atoms with Crippen molar-refractivity contribution in [2.24, 2.45) is 0 Å². The fourth-order valence-electron chi connectivity index (χ4n) is 2.73. The average Bonchev–Trinajstić information content (AvgIpc) is 2.68. The predicted molar refractivity (Wildman–Crippen MR) is 106 cm³/mol. The molecule has 0 unspecified atom stereocenters. The summed E-state index contributed by atoms with van der Waals surface area (Å²) >= 11 is 0. The van der Waals surface area contributed by atoms with Gasteiger partial charge in [-0.25, -0.2) is 4.39 Å². The van der Waals surface area contributed by atoms with Gasteiger partial charge in [0.05, 0.1) is 12.8 Å². The number of ether oxygens (including phenoxy) is 1. The molecule has 0 saturated heterocycles. The number of benzene rings is 3. The van der Waals surface area contributed by atoms with E-state index in [0.29, 0.717) is 22.7 Å². The number of amides is 2. The Kier molecular flexibility index (Phi) is 5.69. The number of rotatable bonds is 5. The highest BCUT2D eigenvalue weighted by molar-refractivity contribution is 6.07. The van der Waals surface area contributed by atoms with Crippen LogP contribution in [-0.2, 0) is 0 Å². The summed E-state index contributed by atoms with van der Waals surface area (Å²) in [5, 5.41) is 5.49. The third kappa shape index (κ3) is 4.35. The van der Waals surface area contributed by atoms with E-state index in [1.165, 1.54) is 25.3 Å². The van der Waals surface area contributed by atoms with Crippen LogP contribution in [0, 0.1) is 12.7 Å². The largest absolute Gasteiger partial charge is 0.495 e. The Morgan fingerprint density at radius 1 is 0.893 bits per heavy atom. The standard InChI is InChI=1S/C22H19FN2O3/c1-14-6-3-4-9-18(14)22(27)25-19-13-17(10-11-20(19)28-2)24-21(26)15-7-5-8-16(23)12-15/h3-13H,1-2H3,(H,24,26)(H,25,27). The first-order chi connectivity index (χ1) is 13.5. The molecule has 2 amide bonds. The van der Waals surface area contributed by atoms with Crippen molar-refractivity contribution in [3.05, 3.63) is 89.2 Å². The first-order valence-corrected chi connectivity index (χ1v) is 8.60. The molecule has 0 aliphatic rings. The van der Waals surface area contributed by atoms with Gasteiger partial charge in [-0.15, -0.1) is 0 Å². The third-order valence-corrected chi connectivity index (χ3v) is 4.18. The lowest BCUT2D eigenvalue weighted by Gasteiger charge is -2.14. The number of carbonyl (C=O) groups excluding carboxylic acids is 2. The number of methoxy groups -OCH3 is 1. The molecule has 3 rings (SSSR count). The van der Waals surface area contributed by atoms with Crippen molar-refractivity contribution in [1.29, 1.82) is 0 Å². The zero-order valence-electron chi connectivity index (χ0n) is 15.5. The minimum Gasteiger partial charge on any atom is -0.495 e. The van der Waals surface area contributed by atoms with Gasteiger partial charge in [0.2, 0.25) is 0 Å².